The Morgan fingerprint density at radius 1 is 1.19 bits per heavy atom. The molecule has 37 heavy (non-hydrogen) atoms. The van der Waals surface area contributed by atoms with Crippen LogP contribution in [0.15, 0.2) is 42.2 Å². The summed E-state index contributed by atoms with van der Waals surface area (Å²) < 4.78 is 1.68. The summed E-state index contributed by atoms with van der Waals surface area (Å²) in [6.45, 7) is 17.7. The number of thiazole rings is 1. The fourth-order valence-corrected chi connectivity index (χ4v) is 4.82. The summed E-state index contributed by atoms with van der Waals surface area (Å²) >= 11 is 1.64. The lowest BCUT2D eigenvalue weighted by molar-refractivity contribution is -0.137. The molecule has 0 saturated carbocycles. The van der Waals surface area contributed by atoms with Gasteiger partial charge in [-0.1, -0.05) is 71.0 Å². The van der Waals surface area contributed by atoms with Crippen molar-refractivity contribution in [2.75, 3.05) is 6.54 Å². The van der Waals surface area contributed by atoms with Gasteiger partial charge >= 0.3 is 0 Å². The second-order valence-corrected chi connectivity index (χ2v) is 9.41. The second kappa shape index (κ2) is 17.4. The molecule has 8 nitrogen and oxygen atoms in total. The third-order valence-corrected chi connectivity index (χ3v) is 6.78. The number of aromatic nitrogens is 4. The fraction of sp³-hybridized carbons (Fsp3) is 0.536. The Kier molecular flexibility index (Phi) is 15.0. The maximum Gasteiger partial charge on any atom is 0.248 e. The average Bonchev–Trinajstić information content (AvgIpc) is 3.69. The van der Waals surface area contributed by atoms with Crippen molar-refractivity contribution in [3.05, 3.63) is 53.4 Å². The number of benzene rings is 1. The number of rotatable bonds is 7. The Morgan fingerprint density at radius 3 is 2.32 bits per heavy atom. The number of amides is 2. The summed E-state index contributed by atoms with van der Waals surface area (Å²) in [6.07, 6.45) is 6.31. The summed E-state index contributed by atoms with van der Waals surface area (Å²) in [7, 11) is 0. The van der Waals surface area contributed by atoms with E-state index in [9.17, 15) is 9.59 Å². The minimum absolute atomic E-state index is 0.176. The molecule has 0 aliphatic carbocycles. The van der Waals surface area contributed by atoms with Gasteiger partial charge in [-0.3, -0.25) is 9.59 Å². The second-order valence-electron chi connectivity index (χ2n) is 8.56. The van der Waals surface area contributed by atoms with Crippen molar-refractivity contribution in [3.63, 3.8) is 0 Å². The molecule has 0 bridgehead atoms. The third-order valence-electron chi connectivity index (χ3n) is 5.80. The van der Waals surface area contributed by atoms with E-state index in [1.54, 1.807) is 28.4 Å². The number of carbonyl (C=O) groups excluding carboxylic acids is 2. The molecule has 1 fully saturated rings. The highest BCUT2D eigenvalue weighted by atomic mass is 32.1. The predicted octanol–water partition coefficient (Wildman–Crippen LogP) is 5.90. The molecule has 0 spiro atoms. The van der Waals surface area contributed by atoms with Gasteiger partial charge < -0.3 is 10.2 Å². The van der Waals surface area contributed by atoms with Crippen molar-refractivity contribution < 1.29 is 9.59 Å². The van der Waals surface area contributed by atoms with E-state index in [0.29, 0.717) is 19.0 Å². The van der Waals surface area contributed by atoms with E-state index < -0.39 is 0 Å². The number of carbonyl (C=O) groups is 2. The fourth-order valence-electron chi connectivity index (χ4n) is 4.01. The molecule has 3 aromatic rings. The van der Waals surface area contributed by atoms with Gasteiger partial charge in [-0.2, -0.15) is 0 Å². The summed E-state index contributed by atoms with van der Waals surface area (Å²) in [6, 6.07) is 8.28. The first-order valence-electron chi connectivity index (χ1n) is 13.2. The largest absolute Gasteiger partial charge is 0.355 e. The number of likely N-dealkylation sites (tertiary alicyclic amines) is 1. The van der Waals surface area contributed by atoms with Crippen LogP contribution in [0.5, 0.6) is 0 Å². The SMILES string of the molecule is CC.CC.CC(C)C(C(=O)N1CCCC1C)n1ccnn1.Cc1ncsc1-c1ccc(CNC=O)cc1. The van der Waals surface area contributed by atoms with Crippen molar-refractivity contribution in [3.8, 4) is 10.4 Å². The van der Waals surface area contributed by atoms with Gasteiger partial charge in [-0.25, -0.2) is 9.67 Å². The molecule has 9 heteroatoms. The van der Waals surface area contributed by atoms with Crippen LogP contribution in [0.3, 0.4) is 0 Å². The molecule has 204 valence electrons. The van der Waals surface area contributed by atoms with Gasteiger partial charge in [0.2, 0.25) is 12.3 Å². The third kappa shape index (κ3) is 9.39. The van der Waals surface area contributed by atoms with Crippen LogP contribution in [0.25, 0.3) is 10.4 Å². The van der Waals surface area contributed by atoms with E-state index in [4.69, 9.17) is 0 Å². The van der Waals surface area contributed by atoms with Gasteiger partial charge in [-0.15, -0.1) is 16.4 Å². The number of nitrogens with one attached hydrogen (secondary N) is 1. The first-order valence-corrected chi connectivity index (χ1v) is 14.1. The highest BCUT2D eigenvalue weighted by Gasteiger charge is 2.33. The topological polar surface area (TPSA) is 93.0 Å². The zero-order valence-corrected chi connectivity index (χ0v) is 24.5. The maximum absolute atomic E-state index is 12.5. The predicted molar refractivity (Wildman–Crippen MR) is 152 cm³/mol. The molecule has 1 aliphatic rings. The Balaban J connectivity index is 0.000000327. The lowest BCUT2D eigenvalue weighted by Gasteiger charge is -2.28. The van der Waals surface area contributed by atoms with Crippen LogP contribution < -0.4 is 5.32 Å². The Labute approximate surface area is 226 Å². The van der Waals surface area contributed by atoms with Crippen LogP contribution in [0.2, 0.25) is 0 Å². The number of hydrogen-bond donors (Lipinski definition) is 1. The Bertz CT molecular complexity index is 1020. The molecule has 4 rings (SSSR count). The van der Waals surface area contributed by atoms with Gasteiger partial charge in [0.1, 0.15) is 6.04 Å². The first kappa shape index (κ1) is 32.0. The van der Waals surface area contributed by atoms with E-state index >= 15 is 0 Å². The van der Waals surface area contributed by atoms with Gasteiger partial charge in [0.15, 0.2) is 0 Å². The van der Waals surface area contributed by atoms with E-state index in [-0.39, 0.29) is 17.9 Å². The summed E-state index contributed by atoms with van der Waals surface area (Å²) in [5.74, 6) is 0.396. The zero-order chi connectivity index (χ0) is 27.8. The Morgan fingerprint density at radius 2 is 1.86 bits per heavy atom. The normalized spacial score (nSPS) is 14.8. The summed E-state index contributed by atoms with van der Waals surface area (Å²) in [5, 5.41) is 10.4. The van der Waals surface area contributed by atoms with Gasteiger partial charge in [0.25, 0.3) is 0 Å². The molecule has 1 saturated heterocycles. The van der Waals surface area contributed by atoms with Crippen LogP contribution >= 0.6 is 11.3 Å². The first-order chi connectivity index (χ1) is 17.9. The highest BCUT2D eigenvalue weighted by Crippen LogP contribution is 2.27. The van der Waals surface area contributed by atoms with Crippen molar-refractivity contribution in [1.29, 1.82) is 0 Å². The molecule has 2 atom stereocenters. The monoisotopic (exact) mass is 528 g/mol. The molecular weight excluding hydrogens is 484 g/mol. The van der Waals surface area contributed by atoms with Crippen molar-refractivity contribution in [2.24, 2.45) is 5.92 Å². The van der Waals surface area contributed by atoms with Crippen LogP contribution in [0.4, 0.5) is 0 Å². The van der Waals surface area contributed by atoms with Gasteiger partial charge in [0.05, 0.1) is 22.3 Å². The van der Waals surface area contributed by atoms with E-state index in [2.05, 4.69) is 39.7 Å². The molecule has 2 aromatic heterocycles. The molecule has 2 amide bonds. The van der Waals surface area contributed by atoms with Crippen molar-refractivity contribution in [2.45, 2.75) is 86.9 Å². The standard InChI is InChI=1S/C12H20N4O.C12H12N2OS.2C2H6/c1-9(2)11(16-8-6-13-14-16)12(17)15-7-4-5-10(15)3;1-9-12(16-8-14-9)11-4-2-10(3-5-11)6-13-7-15;2*1-2/h6,8-11H,4-5,7H2,1-3H3;2-5,7-8H,6H2,1H3,(H,13,15);2*1-2H3. The van der Waals surface area contributed by atoms with E-state index in [1.165, 1.54) is 10.4 Å². The van der Waals surface area contributed by atoms with Gasteiger partial charge in [-0.05, 0) is 43.7 Å². The van der Waals surface area contributed by atoms with Crippen LogP contribution in [-0.2, 0) is 16.1 Å². The van der Waals surface area contributed by atoms with E-state index in [0.717, 1.165) is 30.6 Å². The van der Waals surface area contributed by atoms with Crippen LogP contribution in [-0.4, -0.2) is 49.8 Å². The molecule has 1 aromatic carbocycles. The molecule has 3 heterocycles. The zero-order valence-electron chi connectivity index (χ0n) is 23.6. The summed E-state index contributed by atoms with van der Waals surface area (Å²) in [4.78, 5) is 30.1. The lowest BCUT2D eigenvalue weighted by atomic mass is 10.0. The van der Waals surface area contributed by atoms with E-state index in [1.807, 2.05) is 71.0 Å². The molecule has 1 N–H and O–H groups in total. The minimum atomic E-state index is -0.224. The number of nitrogens with zero attached hydrogens (tertiary/aromatic N) is 5. The van der Waals surface area contributed by atoms with Crippen LogP contribution in [0.1, 0.15) is 78.6 Å². The smallest absolute Gasteiger partial charge is 0.248 e. The average molecular weight is 529 g/mol. The summed E-state index contributed by atoms with van der Waals surface area (Å²) in [5.41, 5.74) is 5.18. The minimum Gasteiger partial charge on any atom is -0.355 e. The quantitative estimate of drug-likeness (QED) is 0.385. The van der Waals surface area contributed by atoms with Crippen molar-refractivity contribution >= 4 is 23.7 Å². The Hall–Kier alpha value is -3.07. The van der Waals surface area contributed by atoms with Crippen LogP contribution in [0, 0.1) is 12.8 Å². The lowest BCUT2D eigenvalue weighted by Crippen LogP contribution is -2.41. The van der Waals surface area contributed by atoms with Crippen molar-refractivity contribution in [1.82, 2.24) is 30.2 Å². The maximum atomic E-state index is 12.5. The number of aryl methyl sites for hydroxylation is 1. The molecular formula is C28H44N6O2S. The van der Waals surface area contributed by atoms with Gasteiger partial charge in [0, 0.05) is 25.3 Å². The highest BCUT2D eigenvalue weighted by molar-refractivity contribution is 7.13. The number of hydrogen-bond acceptors (Lipinski definition) is 6. The molecule has 1 aliphatic heterocycles. The molecule has 0 radical (unpaired) electrons. The molecule has 2 unspecified atom stereocenters.